The molecule has 8 heteroatoms. The molecule has 2 rings (SSSR count). The number of aliphatic hydroxyl groups is 3. The largest absolute Gasteiger partial charge is 0.422 e. The molecule has 1 aromatic carbocycles. The Labute approximate surface area is 150 Å². The fraction of sp³-hybridized carbons (Fsp3) is 0.444. The number of benzene rings is 1. The fourth-order valence-electron chi connectivity index (χ4n) is 2.62. The van der Waals surface area contributed by atoms with Crippen molar-refractivity contribution in [1.29, 1.82) is 0 Å². The third-order valence-corrected chi connectivity index (χ3v) is 4.38. The first-order valence-corrected chi connectivity index (χ1v) is 8.41. The van der Waals surface area contributed by atoms with Gasteiger partial charge in [0.2, 0.25) is 0 Å². The number of hydrogen-bond acceptors (Lipinski definition) is 7. The van der Waals surface area contributed by atoms with Gasteiger partial charge in [-0.25, -0.2) is 4.79 Å². The Kier molecular flexibility index (Phi) is 6.36. The molecular formula is C18H24N2O6. The molecule has 0 aliphatic carbocycles. The maximum absolute atomic E-state index is 12.4. The molecule has 0 aliphatic rings. The predicted octanol–water partition coefficient (Wildman–Crippen LogP) is 0.0847. The Bertz CT molecular complexity index is 816. The molecule has 1 amide bonds. The van der Waals surface area contributed by atoms with Gasteiger partial charge in [0.15, 0.2) is 0 Å². The number of nitrogens with one attached hydrogen (secondary N) is 1. The van der Waals surface area contributed by atoms with Crippen LogP contribution in [0.1, 0.15) is 24.2 Å². The second kappa shape index (κ2) is 8.31. The summed E-state index contributed by atoms with van der Waals surface area (Å²) in [6, 6.07) is 6.75. The van der Waals surface area contributed by atoms with Gasteiger partial charge in [0.05, 0.1) is 19.8 Å². The number of carbonyl (C=O) groups is 1. The van der Waals surface area contributed by atoms with Crippen molar-refractivity contribution in [2.75, 3.05) is 37.8 Å². The molecule has 0 fully saturated rings. The van der Waals surface area contributed by atoms with E-state index in [1.165, 1.54) is 6.07 Å². The molecule has 2 aromatic rings. The van der Waals surface area contributed by atoms with E-state index in [-0.39, 0.29) is 5.56 Å². The van der Waals surface area contributed by atoms with E-state index >= 15 is 0 Å². The highest BCUT2D eigenvalue weighted by molar-refractivity contribution is 5.97. The van der Waals surface area contributed by atoms with Crippen molar-refractivity contribution in [2.45, 2.75) is 19.4 Å². The third-order valence-electron chi connectivity index (χ3n) is 4.38. The van der Waals surface area contributed by atoms with Crippen LogP contribution in [0.5, 0.6) is 0 Å². The van der Waals surface area contributed by atoms with Crippen LogP contribution in [-0.4, -0.2) is 59.7 Å². The second-order valence-corrected chi connectivity index (χ2v) is 6.05. The Hall–Kier alpha value is -2.42. The van der Waals surface area contributed by atoms with E-state index in [0.717, 1.165) is 18.8 Å². The predicted molar refractivity (Wildman–Crippen MR) is 97.5 cm³/mol. The minimum absolute atomic E-state index is 0.271. The first kappa shape index (κ1) is 19.9. The zero-order chi connectivity index (χ0) is 19.3. The Balaban J connectivity index is 2.41. The number of aliphatic hydroxyl groups excluding tert-OH is 3. The quantitative estimate of drug-likeness (QED) is 0.489. The summed E-state index contributed by atoms with van der Waals surface area (Å²) in [6.07, 6.45) is 0. The SMILES string of the molecule is CCN(CC)c1ccc2cc(C(=O)NC(CO)(CO)CO)c(=O)oc2c1. The highest BCUT2D eigenvalue weighted by Gasteiger charge is 2.31. The fourth-order valence-corrected chi connectivity index (χ4v) is 2.62. The van der Waals surface area contributed by atoms with Crippen molar-refractivity contribution in [1.82, 2.24) is 5.32 Å². The van der Waals surface area contributed by atoms with Crippen molar-refractivity contribution in [2.24, 2.45) is 0 Å². The molecular weight excluding hydrogens is 340 g/mol. The summed E-state index contributed by atoms with van der Waals surface area (Å²) in [5, 5.41) is 30.8. The van der Waals surface area contributed by atoms with Gasteiger partial charge < -0.3 is 30.0 Å². The minimum Gasteiger partial charge on any atom is -0.422 e. The lowest BCUT2D eigenvalue weighted by atomic mass is 10.0. The first-order valence-electron chi connectivity index (χ1n) is 8.41. The summed E-state index contributed by atoms with van der Waals surface area (Å²) in [7, 11) is 0. The van der Waals surface area contributed by atoms with Gasteiger partial charge in [-0.05, 0) is 32.0 Å². The molecule has 0 saturated heterocycles. The lowest BCUT2D eigenvalue weighted by molar-refractivity contribution is 0.0374. The van der Waals surface area contributed by atoms with E-state index in [2.05, 4.69) is 10.2 Å². The van der Waals surface area contributed by atoms with Crippen LogP contribution < -0.4 is 15.8 Å². The van der Waals surface area contributed by atoms with Crippen molar-refractivity contribution >= 4 is 22.6 Å². The van der Waals surface area contributed by atoms with Crippen LogP contribution in [0.4, 0.5) is 5.69 Å². The molecule has 1 aromatic heterocycles. The number of rotatable bonds is 8. The maximum atomic E-state index is 12.4. The standard InChI is InChI=1S/C18H24N2O6/c1-3-20(4-2)13-6-5-12-7-14(17(25)26-15(12)8-13)16(24)19-18(9-21,10-22)11-23/h5-8,21-23H,3-4,9-11H2,1-2H3,(H,19,24). The molecule has 0 spiro atoms. The monoisotopic (exact) mass is 364 g/mol. The van der Waals surface area contributed by atoms with Crippen LogP contribution in [0.2, 0.25) is 0 Å². The van der Waals surface area contributed by atoms with Gasteiger partial charge in [-0.3, -0.25) is 4.79 Å². The lowest BCUT2D eigenvalue weighted by Crippen LogP contribution is -2.57. The average molecular weight is 364 g/mol. The van der Waals surface area contributed by atoms with Gasteiger partial charge in [0.1, 0.15) is 16.7 Å². The van der Waals surface area contributed by atoms with Crippen molar-refractivity contribution in [3.05, 3.63) is 40.2 Å². The Morgan fingerprint density at radius 2 is 1.73 bits per heavy atom. The topological polar surface area (TPSA) is 123 Å². The second-order valence-electron chi connectivity index (χ2n) is 6.05. The van der Waals surface area contributed by atoms with Crippen LogP contribution in [0.3, 0.4) is 0 Å². The highest BCUT2D eigenvalue weighted by atomic mass is 16.4. The molecule has 4 N–H and O–H groups in total. The highest BCUT2D eigenvalue weighted by Crippen LogP contribution is 2.22. The number of hydrogen-bond donors (Lipinski definition) is 4. The number of fused-ring (bicyclic) bond motifs is 1. The van der Waals surface area contributed by atoms with Crippen LogP contribution in [0.15, 0.2) is 33.5 Å². The molecule has 0 bridgehead atoms. The summed E-state index contributed by atoms with van der Waals surface area (Å²) < 4.78 is 5.28. The van der Waals surface area contributed by atoms with Gasteiger partial charge in [-0.1, -0.05) is 0 Å². The van der Waals surface area contributed by atoms with Gasteiger partial charge in [-0.15, -0.1) is 0 Å². The molecule has 0 atom stereocenters. The van der Waals surface area contributed by atoms with Crippen molar-refractivity contribution in [3.63, 3.8) is 0 Å². The maximum Gasteiger partial charge on any atom is 0.349 e. The summed E-state index contributed by atoms with van der Waals surface area (Å²) in [6.45, 7) is 3.60. The van der Waals surface area contributed by atoms with E-state index in [4.69, 9.17) is 4.42 Å². The zero-order valence-electron chi connectivity index (χ0n) is 14.9. The van der Waals surface area contributed by atoms with E-state index in [1.54, 1.807) is 12.1 Å². The molecule has 1 heterocycles. The molecule has 0 aliphatic heterocycles. The molecule has 142 valence electrons. The first-order chi connectivity index (χ1) is 12.4. The Morgan fingerprint density at radius 1 is 1.12 bits per heavy atom. The van der Waals surface area contributed by atoms with Gasteiger partial charge in [0, 0.05) is 30.2 Å². The van der Waals surface area contributed by atoms with E-state index in [1.807, 2.05) is 19.9 Å². The van der Waals surface area contributed by atoms with E-state index in [9.17, 15) is 24.9 Å². The third kappa shape index (κ3) is 3.87. The summed E-state index contributed by atoms with van der Waals surface area (Å²) in [4.78, 5) is 26.7. The molecule has 26 heavy (non-hydrogen) atoms. The Morgan fingerprint density at radius 3 is 2.27 bits per heavy atom. The van der Waals surface area contributed by atoms with Crippen LogP contribution in [0, 0.1) is 0 Å². The summed E-state index contributed by atoms with van der Waals surface area (Å²) in [5.74, 6) is -0.842. The minimum atomic E-state index is -1.62. The normalized spacial score (nSPS) is 11.6. The van der Waals surface area contributed by atoms with Gasteiger partial charge in [0.25, 0.3) is 5.91 Å². The van der Waals surface area contributed by atoms with Gasteiger partial charge >= 0.3 is 5.63 Å². The van der Waals surface area contributed by atoms with E-state index in [0.29, 0.717) is 11.0 Å². The van der Waals surface area contributed by atoms with Crippen LogP contribution in [-0.2, 0) is 0 Å². The van der Waals surface area contributed by atoms with Crippen molar-refractivity contribution in [3.8, 4) is 0 Å². The van der Waals surface area contributed by atoms with Crippen LogP contribution >= 0.6 is 0 Å². The van der Waals surface area contributed by atoms with Gasteiger partial charge in [-0.2, -0.15) is 0 Å². The number of nitrogens with zero attached hydrogens (tertiary/aromatic N) is 1. The summed E-state index contributed by atoms with van der Waals surface area (Å²) >= 11 is 0. The molecule has 8 nitrogen and oxygen atoms in total. The van der Waals surface area contributed by atoms with Crippen LogP contribution in [0.25, 0.3) is 11.0 Å². The number of anilines is 1. The molecule has 0 unspecified atom stereocenters. The molecule has 0 radical (unpaired) electrons. The van der Waals surface area contributed by atoms with E-state index < -0.39 is 36.9 Å². The average Bonchev–Trinajstić information content (AvgIpc) is 2.66. The summed E-state index contributed by atoms with van der Waals surface area (Å²) in [5.41, 5.74) is -1.47. The number of amides is 1. The molecule has 0 saturated carbocycles. The number of carbonyl (C=O) groups excluding carboxylic acids is 1. The lowest BCUT2D eigenvalue weighted by Gasteiger charge is -2.28. The zero-order valence-corrected chi connectivity index (χ0v) is 14.9. The smallest absolute Gasteiger partial charge is 0.349 e. The van der Waals surface area contributed by atoms with Crippen molar-refractivity contribution < 1.29 is 24.5 Å².